The SMILES string of the molecule is CC(=NNC(=O)c1nn(C)c(=O)c2ccccc12)C(c1ccccc1)N1CCOCC1. The molecule has 0 bridgehead atoms. The van der Waals surface area contributed by atoms with Gasteiger partial charge in [0.1, 0.15) is 0 Å². The van der Waals surface area contributed by atoms with Crippen LogP contribution in [0.25, 0.3) is 10.8 Å². The smallest absolute Gasteiger partial charge is 0.292 e. The van der Waals surface area contributed by atoms with Gasteiger partial charge in [-0.25, -0.2) is 10.1 Å². The summed E-state index contributed by atoms with van der Waals surface area (Å²) in [6, 6.07) is 17.0. The number of aryl methyl sites for hydroxylation is 1. The summed E-state index contributed by atoms with van der Waals surface area (Å²) in [5.74, 6) is -0.458. The Kier molecular flexibility index (Phi) is 6.20. The molecule has 2 aromatic carbocycles. The number of morpholine rings is 1. The van der Waals surface area contributed by atoms with Gasteiger partial charge in [0.25, 0.3) is 11.5 Å². The van der Waals surface area contributed by atoms with Crippen LogP contribution in [0.1, 0.15) is 29.0 Å². The Labute approximate surface area is 180 Å². The fourth-order valence-electron chi connectivity index (χ4n) is 3.91. The van der Waals surface area contributed by atoms with Crippen LogP contribution in [0.3, 0.4) is 0 Å². The summed E-state index contributed by atoms with van der Waals surface area (Å²) in [5, 5.41) is 9.54. The number of hydrogen-bond acceptors (Lipinski definition) is 6. The molecular weight excluding hydrogens is 394 g/mol. The van der Waals surface area contributed by atoms with Crippen molar-refractivity contribution < 1.29 is 9.53 Å². The maximum Gasteiger partial charge on any atom is 0.292 e. The van der Waals surface area contributed by atoms with Gasteiger partial charge in [-0.05, 0) is 18.6 Å². The van der Waals surface area contributed by atoms with E-state index in [0.717, 1.165) is 24.4 Å². The Morgan fingerprint density at radius 1 is 1.06 bits per heavy atom. The summed E-state index contributed by atoms with van der Waals surface area (Å²) in [4.78, 5) is 27.5. The molecule has 4 rings (SSSR count). The molecule has 1 fully saturated rings. The molecule has 1 aromatic heterocycles. The summed E-state index contributed by atoms with van der Waals surface area (Å²) in [6.07, 6.45) is 0. The fraction of sp³-hybridized carbons (Fsp3) is 0.304. The molecule has 1 aliphatic rings. The minimum absolute atomic E-state index is 0.0739. The molecule has 1 unspecified atom stereocenters. The van der Waals surface area contributed by atoms with Gasteiger partial charge in [0, 0.05) is 25.5 Å². The average Bonchev–Trinajstić information content (AvgIpc) is 2.81. The number of nitrogens with one attached hydrogen (secondary N) is 1. The van der Waals surface area contributed by atoms with Crippen LogP contribution < -0.4 is 11.0 Å². The van der Waals surface area contributed by atoms with Crippen molar-refractivity contribution in [3.05, 3.63) is 76.2 Å². The predicted molar refractivity (Wildman–Crippen MR) is 119 cm³/mol. The van der Waals surface area contributed by atoms with Crippen molar-refractivity contribution in [1.29, 1.82) is 0 Å². The molecule has 0 radical (unpaired) electrons. The van der Waals surface area contributed by atoms with Crippen LogP contribution >= 0.6 is 0 Å². The number of carbonyl (C=O) groups excluding carboxylic acids is 1. The number of amides is 1. The zero-order valence-corrected chi connectivity index (χ0v) is 17.6. The Hall–Kier alpha value is -3.36. The number of hydrazone groups is 1. The first-order chi connectivity index (χ1) is 15.1. The first-order valence-electron chi connectivity index (χ1n) is 10.2. The van der Waals surface area contributed by atoms with Crippen molar-refractivity contribution in [3.63, 3.8) is 0 Å². The zero-order valence-electron chi connectivity index (χ0n) is 17.6. The van der Waals surface area contributed by atoms with E-state index in [1.807, 2.05) is 25.1 Å². The quantitative estimate of drug-likeness (QED) is 0.505. The van der Waals surface area contributed by atoms with Crippen LogP contribution in [0.4, 0.5) is 0 Å². The second-order valence-corrected chi connectivity index (χ2v) is 7.48. The molecular formula is C23H25N5O3. The summed E-state index contributed by atoms with van der Waals surface area (Å²) < 4.78 is 6.67. The van der Waals surface area contributed by atoms with Crippen molar-refractivity contribution in [2.45, 2.75) is 13.0 Å². The average molecular weight is 419 g/mol. The second kappa shape index (κ2) is 9.20. The lowest BCUT2D eigenvalue weighted by Crippen LogP contribution is -2.42. The Morgan fingerprint density at radius 2 is 1.71 bits per heavy atom. The summed E-state index contributed by atoms with van der Waals surface area (Å²) in [5.41, 5.74) is 4.42. The maximum atomic E-state index is 12.9. The third kappa shape index (κ3) is 4.40. The molecule has 0 saturated carbocycles. The van der Waals surface area contributed by atoms with Gasteiger partial charge < -0.3 is 4.74 Å². The molecule has 0 spiro atoms. The van der Waals surface area contributed by atoms with E-state index in [1.165, 1.54) is 11.7 Å². The number of carbonyl (C=O) groups is 1. The van der Waals surface area contributed by atoms with Crippen LogP contribution in [-0.2, 0) is 11.8 Å². The van der Waals surface area contributed by atoms with E-state index in [4.69, 9.17) is 4.74 Å². The molecule has 31 heavy (non-hydrogen) atoms. The minimum Gasteiger partial charge on any atom is -0.379 e. The fourth-order valence-corrected chi connectivity index (χ4v) is 3.91. The molecule has 160 valence electrons. The monoisotopic (exact) mass is 419 g/mol. The molecule has 3 aromatic rings. The lowest BCUT2D eigenvalue weighted by Gasteiger charge is -2.34. The van der Waals surface area contributed by atoms with Gasteiger partial charge >= 0.3 is 0 Å². The van der Waals surface area contributed by atoms with Crippen molar-refractivity contribution in [3.8, 4) is 0 Å². The van der Waals surface area contributed by atoms with Crippen molar-refractivity contribution in [2.75, 3.05) is 26.3 Å². The number of nitrogens with zero attached hydrogens (tertiary/aromatic N) is 4. The van der Waals surface area contributed by atoms with E-state index in [-0.39, 0.29) is 17.3 Å². The standard InChI is InChI=1S/C23H25N5O3/c1-16(21(17-8-4-3-5-9-17)28-12-14-31-15-13-28)24-25-22(29)20-18-10-6-7-11-19(18)23(30)27(2)26-20/h3-11,21H,12-15H2,1-2H3,(H,25,29). The first-order valence-corrected chi connectivity index (χ1v) is 10.2. The second-order valence-electron chi connectivity index (χ2n) is 7.48. The van der Waals surface area contributed by atoms with E-state index in [0.29, 0.717) is 24.0 Å². The highest BCUT2D eigenvalue weighted by atomic mass is 16.5. The third-order valence-corrected chi connectivity index (χ3v) is 5.43. The van der Waals surface area contributed by atoms with E-state index < -0.39 is 5.91 Å². The number of rotatable bonds is 5. The summed E-state index contributed by atoms with van der Waals surface area (Å²) in [6.45, 7) is 4.80. The zero-order chi connectivity index (χ0) is 21.8. The van der Waals surface area contributed by atoms with Gasteiger partial charge in [-0.1, -0.05) is 48.5 Å². The van der Waals surface area contributed by atoms with E-state index >= 15 is 0 Å². The molecule has 8 heteroatoms. The number of aromatic nitrogens is 2. The van der Waals surface area contributed by atoms with Gasteiger partial charge in [0.15, 0.2) is 5.69 Å². The van der Waals surface area contributed by atoms with E-state index in [9.17, 15) is 9.59 Å². The van der Waals surface area contributed by atoms with Crippen molar-refractivity contribution in [2.24, 2.45) is 12.1 Å². The molecule has 8 nitrogen and oxygen atoms in total. The predicted octanol–water partition coefficient (Wildman–Crippen LogP) is 2.11. The van der Waals surface area contributed by atoms with Crippen LogP contribution in [-0.4, -0.2) is 52.6 Å². The summed E-state index contributed by atoms with van der Waals surface area (Å²) in [7, 11) is 1.53. The Morgan fingerprint density at radius 3 is 2.42 bits per heavy atom. The van der Waals surface area contributed by atoms with Gasteiger partial charge in [0.2, 0.25) is 0 Å². The van der Waals surface area contributed by atoms with E-state index in [2.05, 4.69) is 32.7 Å². The molecule has 2 heterocycles. The Balaban J connectivity index is 1.63. The maximum absolute atomic E-state index is 12.9. The van der Waals surface area contributed by atoms with Crippen LogP contribution in [0, 0.1) is 0 Å². The van der Waals surface area contributed by atoms with Gasteiger partial charge in [-0.2, -0.15) is 10.2 Å². The van der Waals surface area contributed by atoms with Crippen LogP contribution in [0.15, 0.2) is 64.5 Å². The number of ether oxygens (including phenoxy) is 1. The molecule has 1 saturated heterocycles. The van der Waals surface area contributed by atoms with E-state index in [1.54, 1.807) is 24.3 Å². The lowest BCUT2D eigenvalue weighted by atomic mass is 10.0. The summed E-state index contributed by atoms with van der Waals surface area (Å²) >= 11 is 0. The van der Waals surface area contributed by atoms with Gasteiger partial charge in [0.05, 0.1) is 30.4 Å². The minimum atomic E-state index is -0.458. The normalized spacial score (nSPS) is 16.3. The highest BCUT2D eigenvalue weighted by Crippen LogP contribution is 2.23. The molecule has 0 aliphatic carbocycles. The third-order valence-electron chi connectivity index (χ3n) is 5.43. The molecule has 1 atom stereocenters. The molecule has 1 N–H and O–H groups in total. The molecule has 1 amide bonds. The first kappa shape index (κ1) is 20.9. The Bertz CT molecular complexity index is 1170. The number of benzene rings is 2. The highest BCUT2D eigenvalue weighted by molar-refractivity contribution is 6.05. The largest absolute Gasteiger partial charge is 0.379 e. The number of hydrogen-bond donors (Lipinski definition) is 1. The van der Waals surface area contributed by atoms with Crippen molar-refractivity contribution in [1.82, 2.24) is 20.1 Å². The topological polar surface area (TPSA) is 88.8 Å². The van der Waals surface area contributed by atoms with Crippen LogP contribution in [0.2, 0.25) is 0 Å². The molecule has 1 aliphatic heterocycles. The number of fused-ring (bicyclic) bond motifs is 1. The lowest BCUT2D eigenvalue weighted by molar-refractivity contribution is 0.0285. The van der Waals surface area contributed by atoms with Crippen LogP contribution in [0.5, 0.6) is 0 Å². The van der Waals surface area contributed by atoms with Crippen molar-refractivity contribution >= 4 is 22.4 Å². The van der Waals surface area contributed by atoms with Gasteiger partial charge in [-0.15, -0.1) is 0 Å². The van der Waals surface area contributed by atoms with Gasteiger partial charge in [-0.3, -0.25) is 14.5 Å². The highest BCUT2D eigenvalue weighted by Gasteiger charge is 2.25.